The highest BCUT2D eigenvalue weighted by molar-refractivity contribution is 9.10. The van der Waals surface area contributed by atoms with Crippen molar-refractivity contribution >= 4 is 15.9 Å². The molecule has 5 heteroatoms. The molecule has 1 heterocycles. The minimum atomic E-state index is -0.861. The highest BCUT2D eigenvalue weighted by Crippen LogP contribution is 2.43. The molecule has 70 valence electrons. The molecule has 13 heavy (non-hydrogen) atoms. The number of hydrogen-bond acceptors (Lipinski definition) is 3. The van der Waals surface area contributed by atoms with E-state index in [4.69, 9.17) is 4.74 Å². The van der Waals surface area contributed by atoms with Crippen LogP contribution in [0.4, 0.5) is 4.39 Å². The summed E-state index contributed by atoms with van der Waals surface area (Å²) in [5.41, 5.74) is 0.929. The SMILES string of the molecule is FCOc1ncnc(C2CC2)c1Br. The molecule has 2 rings (SSSR count). The largest absolute Gasteiger partial charge is 0.445 e. The number of ether oxygens (including phenoxy) is 1. The molecule has 0 N–H and O–H groups in total. The Morgan fingerprint density at radius 1 is 1.54 bits per heavy atom. The second-order valence-electron chi connectivity index (χ2n) is 2.91. The number of nitrogens with zero attached hydrogens (tertiary/aromatic N) is 2. The smallest absolute Gasteiger partial charge is 0.233 e. The van der Waals surface area contributed by atoms with Gasteiger partial charge < -0.3 is 4.74 Å². The third-order valence-corrected chi connectivity index (χ3v) is 2.69. The van der Waals surface area contributed by atoms with Crippen molar-refractivity contribution in [3.8, 4) is 5.88 Å². The van der Waals surface area contributed by atoms with Gasteiger partial charge in [-0.2, -0.15) is 0 Å². The summed E-state index contributed by atoms with van der Waals surface area (Å²) in [4.78, 5) is 7.94. The Balaban J connectivity index is 2.30. The summed E-state index contributed by atoms with van der Waals surface area (Å²) >= 11 is 3.31. The van der Waals surface area contributed by atoms with Crippen molar-refractivity contribution in [1.82, 2.24) is 9.97 Å². The van der Waals surface area contributed by atoms with E-state index in [9.17, 15) is 4.39 Å². The van der Waals surface area contributed by atoms with E-state index >= 15 is 0 Å². The summed E-state index contributed by atoms with van der Waals surface area (Å²) in [5, 5.41) is 0. The fourth-order valence-electron chi connectivity index (χ4n) is 1.16. The molecule has 0 amide bonds. The van der Waals surface area contributed by atoms with Gasteiger partial charge in [0.05, 0.1) is 5.69 Å². The Kier molecular flexibility index (Phi) is 2.44. The quantitative estimate of drug-likeness (QED) is 0.822. The van der Waals surface area contributed by atoms with Crippen molar-refractivity contribution in [2.24, 2.45) is 0 Å². The Bertz CT molecular complexity index is 317. The van der Waals surface area contributed by atoms with E-state index in [0.29, 0.717) is 16.3 Å². The van der Waals surface area contributed by atoms with Gasteiger partial charge in [-0.05, 0) is 28.8 Å². The van der Waals surface area contributed by atoms with Crippen molar-refractivity contribution in [1.29, 1.82) is 0 Å². The summed E-state index contributed by atoms with van der Waals surface area (Å²) in [6, 6.07) is 0. The van der Waals surface area contributed by atoms with Crippen molar-refractivity contribution in [2.45, 2.75) is 18.8 Å². The number of rotatable bonds is 3. The van der Waals surface area contributed by atoms with Gasteiger partial charge in [-0.3, -0.25) is 0 Å². The van der Waals surface area contributed by atoms with E-state index in [-0.39, 0.29) is 0 Å². The van der Waals surface area contributed by atoms with Crippen LogP contribution in [0, 0.1) is 0 Å². The molecule has 0 aliphatic heterocycles. The predicted molar refractivity (Wildman–Crippen MR) is 48.3 cm³/mol. The number of hydrogen-bond donors (Lipinski definition) is 0. The molecular weight excluding hydrogens is 239 g/mol. The third kappa shape index (κ3) is 1.80. The molecule has 1 aliphatic carbocycles. The van der Waals surface area contributed by atoms with Gasteiger partial charge in [0.25, 0.3) is 0 Å². The zero-order valence-electron chi connectivity index (χ0n) is 6.83. The van der Waals surface area contributed by atoms with Gasteiger partial charge in [0, 0.05) is 5.92 Å². The van der Waals surface area contributed by atoms with Gasteiger partial charge in [0.1, 0.15) is 10.8 Å². The molecule has 3 nitrogen and oxygen atoms in total. The van der Waals surface area contributed by atoms with E-state index in [1.165, 1.54) is 6.33 Å². The van der Waals surface area contributed by atoms with Gasteiger partial charge in [0.15, 0.2) is 0 Å². The van der Waals surface area contributed by atoms with E-state index in [1.54, 1.807) is 0 Å². The lowest BCUT2D eigenvalue weighted by atomic mass is 10.3. The predicted octanol–water partition coefficient (Wildman–Crippen LogP) is 2.42. The Morgan fingerprint density at radius 3 is 2.92 bits per heavy atom. The van der Waals surface area contributed by atoms with Crippen LogP contribution in [0.3, 0.4) is 0 Å². The van der Waals surface area contributed by atoms with Crippen LogP contribution in [0.1, 0.15) is 24.5 Å². The van der Waals surface area contributed by atoms with Crippen LogP contribution in [0.2, 0.25) is 0 Å². The molecule has 1 fully saturated rings. The fourth-order valence-corrected chi connectivity index (χ4v) is 1.80. The normalized spacial score (nSPS) is 15.8. The van der Waals surface area contributed by atoms with E-state index in [1.807, 2.05) is 0 Å². The van der Waals surface area contributed by atoms with Crippen LogP contribution < -0.4 is 4.74 Å². The average Bonchev–Trinajstić information content (AvgIpc) is 2.92. The van der Waals surface area contributed by atoms with Gasteiger partial charge in [-0.1, -0.05) is 0 Å². The first-order valence-electron chi connectivity index (χ1n) is 4.02. The molecule has 1 aromatic rings. The Hall–Kier alpha value is -0.710. The summed E-state index contributed by atoms with van der Waals surface area (Å²) in [6.45, 7) is -0.861. The van der Waals surface area contributed by atoms with Crippen LogP contribution in [0.5, 0.6) is 5.88 Å². The average molecular weight is 247 g/mol. The Morgan fingerprint density at radius 2 is 2.31 bits per heavy atom. The van der Waals surface area contributed by atoms with Gasteiger partial charge in [-0.25, -0.2) is 14.4 Å². The molecule has 1 aliphatic rings. The summed E-state index contributed by atoms with van der Waals surface area (Å²) < 4.78 is 17.3. The van der Waals surface area contributed by atoms with E-state index in [0.717, 1.165) is 18.5 Å². The highest BCUT2D eigenvalue weighted by Gasteiger charge is 2.28. The maximum absolute atomic E-state index is 11.9. The molecule has 0 spiro atoms. The van der Waals surface area contributed by atoms with Crippen LogP contribution in [0.25, 0.3) is 0 Å². The second-order valence-corrected chi connectivity index (χ2v) is 3.70. The highest BCUT2D eigenvalue weighted by atomic mass is 79.9. The lowest BCUT2D eigenvalue weighted by Crippen LogP contribution is -1.98. The van der Waals surface area contributed by atoms with Gasteiger partial charge >= 0.3 is 0 Å². The van der Waals surface area contributed by atoms with Crippen molar-refractivity contribution in [3.05, 3.63) is 16.5 Å². The zero-order valence-corrected chi connectivity index (χ0v) is 8.42. The van der Waals surface area contributed by atoms with Crippen molar-refractivity contribution < 1.29 is 9.13 Å². The lowest BCUT2D eigenvalue weighted by molar-refractivity contribution is 0.183. The molecule has 0 radical (unpaired) electrons. The molecule has 1 saturated carbocycles. The van der Waals surface area contributed by atoms with Crippen LogP contribution in [-0.4, -0.2) is 16.8 Å². The Labute approximate surface area is 83.5 Å². The summed E-state index contributed by atoms with van der Waals surface area (Å²) in [7, 11) is 0. The minimum Gasteiger partial charge on any atom is -0.445 e. The van der Waals surface area contributed by atoms with Gasteiger partial charge in [0.2, 0.25) is 12.7 Å². The minimum absolute atomic E-state index is 0.291. The maximum Gasteiger partial charge on any atom is 0.233 e. The number of halogens is 2. The van der Waals surface area contributed by atoms with E-state index in [2.05, 4.69) is 25.9 Å². The van der Waals surface area contributed by atoms with Gasteiger partial charge in [-0.15, -0.1) is 0 Å². The monoisotopic (exact) mass is 246 g/mol. The zero-order chi connectivity index (χ0) is 9.26. The maximum atomic E-state index is 11.9. The fraction of sp³-hybridized carbons (Fsp3) is 0.500. The van der Waals surface area contributed by atoms with E-state index < -0.39 is 6.86 Å². The summed E-state index contributed by atoms with van der Waals surface area (Å²) in [6.07, 6.45) is 3.69. The number of alkyl halides is 1. The first kappa shape index (κ1) is 8.87. The molecule has 0 aromatic carbocycles. The molecular formula is C8H8BrFN2O. The summed E-state index contributed by atoms with van der Waals surface area (Å²) in [5.74, 6) is 0.790. The van der Waals surface area contributed by atoms with Crippen LogP contribution in [-0.2, 0) is 0 Å². The van der Waals surface area contributed by atoms with Crippen LogP contribution >= 0.6 is 15.9 Å². The molecule has 0 unspecified atom stereocenters. The molecule has 1 aromatic heterocycles. The van der Waals surface area contributed by atoms with Crippen LogP contribution in [0.15, 0.2) is 10.8 Å². The molecule has 0 atom stereocenters. The van der Waals surface area contributed by atoms with Crippen molar-refractivity contribution in [3.63, 3.8) is 0 Å². The molecule has 0 saturated heterocycles. The lowest BCUT2D eigenvalue weighted by Gasteiger charge is -2.05. The van der Waals surface area contributed by atoms with Crippen molar-refractivity contribution in [2.75, 3.05) is 6.86 Å². The molecule has 0 bridgehead atoms. The number of aromatic nitrogens is 2. The second kappa shape index (κ2) is 3.57. The standard InChI is InChI=1S/C8H8BrFN2O/c9-6-7(5-1-2-5)11-4-12-8(6)13-3-10/h4-5H,1-3H2. The topological polar surface area (TPSA) is 35.0 Å². The first-order chi connectivity index (χ1) is 6.33. The third-order valence-electron chi connectivity index (χ3n) is 1.94. The first-order valence-corrected chi connectivity index (χ1v) is 4.81.